The number of aromatic nitrogens is 4. The average molecular weight is 577 g/mol. The van der Waals surface area contributed by atoms with Crippen LogP contribution >= 0.6 is 35.2 Å². The number of nitrogen functional groups attached to an aromatic ring is 1. The lowest BCUT2D eigenvalue weighted by Gasteiger charge is -2.43. The summed E-state index contributed by atoms with van der Waals surface area (Å²) in [6.07, 6.45) is 0.168. The largest absolute Gasteiger partial charge is 0.490 e. The Labute approximate surface area is 198 Å². The van der Waals surface area contributed by atoms with Crippen LogP contribution in [0.4, 0.5) is 5.95 Å². The van der Waals surface area contributed by atoms with E-state index in [1.807, 2.05) is 0 Å². The predicted octanol–water partition coefficient (Wildman–Crippen LogP) is -0.367. The number of anilines is 1. The first-order valence-electron chi connectivity index (χ1n) is 9.42. The molecule has 0 radical (unpaired) electrons. The first-order chi connectivity index (χ1) is 16.2. The highest BCUT2D eigenvalue weighted by atomic mass is 32.2. The highest BCUT2D eigenvalue weighted by molar-refractivity contribution is 8.02. The summed E-state index contributed by atoms with van der Waals surface area (Å²) in [5, 5.41) is 0. The molecule has 2 saturated heterocycles. The summed E-state index contributed by atoms with van der Waals surface area (Å²) in [4.78, 5) is 70.7. The Morgan fingerprint density at radius 1 is 1.29 bits per heavy atom. The molecule has 2 aliphatic rings. The summed E-state index contributed by atoms with van der Waals surface area (Å²) in [6.45, 7) is -0.811. The van der Waals surface area contributed by atoms with Gasteiger partial charge >= 0.3 is 23.5 Å². The van der Waals surface area contributed by atoms with Crippen molar-refractivity contribution in [1.82, 2.24) is 19.5 Å². The van der Waals surface area contributed by atoms with Crippen molar-refractivity contribution in [3.8, 4) is 0 Å². The molecule has 35 heavy (non-hydrogen) atoms. The molecule has 22 heteroatoms. The fourth-order valence-corrected chi connectivity index (χ4v) is 8.29. The third-order valence-corrected chi connectivity index (χ3v) is 10.6. The van der Waals surface area contributed by atoms with Crippen molar-refractivity contribution in [3.05, 3.63) is 16.7 Å². The molecule has 4 rings (SSSR count). The second-order valence-electron chi connectivity index (χ2n) is 7.40. The molecule has 4 heterocycles. The maximum Gasteiger partial charge on any atom is 0.490 e. The normalized spacial score (nSPS) is 30.1. The second kappa shape index (κ2) is 9.13. The van der Waals surface area contributed by atoms with Gasteiger partial charge < -0.3 is 34.8 Å². The van der Waals surface area contributed by atoms with E-state index in [-0.39, 0.29) is 17.1 Å². The van der Waals surface area contributed by atoms with Crippen molar-refractivity contribution < 1.29 is 55.9 Å². The fraction of sp³-hybridized carbons (Fsp3) is 0.538. The van der Waals surface area contributed by atoms with Crippen LogP contribution in [0.2, 0.25) is 0 Å². The quantitative estimate of drug-likeness (QED) is 0.164. The molecule has 2 aromatic rings. The summed E-state index contributed by atoms with van der Waals surface area (Å²) < 4.78 is 52.8. The van der Waals surface area contributed by atoms with E-state index >= 15 is 0 Å². The fourth-order valence-electron chi connectivity index (χ4n) is 3.87. The minimum Gasteiger partial charge on any atom is -0.369 e. The van der Waals surface area contributed by atoms with E-state index in [1.54, 1.807) is 0 Å². The minimum atomic E-state index is -5.71. The van der Waals surface area contributed by atoms with Crippen molar-refractivity contribution in [3.63, 3.8) is 0 Å². The topological polar surface area (TPSA) is 276 Å². The zero-order valence-electron chi connectivity index (χ0n) is 17.1. The average Bonchev–Trinajstić information content (AvgIpc) is 3.21. The third kappa shape index (κ3) is 5.32. The van der Waals surface area contributed by atoms with Gasteiger partial charge in [0.1, 0.15) is 6.29 Å². The molecule has 0 aliphatic carbocycles. The Hall–Kier alpha value is -1.46. The van der Waals surface area contributed by atoms with E-state index in [2.05, 4.69) is 28.1 Å². The molecule has 2 unspecified atom stereocenters. The number of aldehydes is 1. The lowest BCUT2D eigenvalue weighted by atomic mass is 9.86. The summed E-state index contributed by atoms with van der Waals surface area (Å²) in [5.41, 5.74) is 5.05. The van der Waals surface area contributed by atoms with E-state index in [0.29, 0.717) is 18.5 Å². The van der Waals surface area contributed by atoms with E-state index in [1.165, 1.54) is 22.7 Å². The molecule has 0 aromatic carbocycles. The number of phosphoric ester groups is 1. The number of carbonyl (C=O) groups is 1. The lowest BCUT2D eigenvalue weighted by Crippen LogP contribution is -2.47. The van der Waals surface area contributed by atoms with Crippen molar-refractivity contribution >= 4 is 58.6 Å². The van der Waals surface area contributed by atoms with Gasteiger partial charge in [-0.3, -0.25) is 18.9 Å². The number of rotatable bonds is 9. The van der Waals surface area contributed by atoms with Crippen LogP contribution < -0.4 is 11.3 Å². The third-order valence-electron chi connectivity index (χ3n) is 5.22. The Morgan fingerprint density at radius 3 is 2.54 bits per heavy atom. The number of nitrogens with zero attached hydrogens (tertiary/aromatic N) is 3. The standard InChI is InChI=1S/C13H18N5O13P3S/c14-12-16-9-8(10(20)17-12)15-5-18(9)11-13(1-2-35-13)6(3-19)7(29-11)4-28-33(24,25)31-34(26,27)30-32(21,22)23/h3,5-7,11H,1-2,4H2,(H,24,25)(H,26,27)(H2,21,22,23)(H3,14,16,17,20)/t6-,7-,11-,13-/m1/s1. The molecular formula is C13H18N5O13P3S. The van der Waals surface area contributed by atoms with Gasteiger partial charge in [0.25, 0.3) is 5.56 Å². The van der Waals surface area contributed by atoms with E-state index < -0.39 is 58.6 Å². The number of phosphoric acid groups is 3. The van der Waals surface area contributed by atoms with Gasteiger partial charge in [0, 0.05) is 0 Å². The van der Waals surface area contributed by atoms with Crippen LogP contribution in [0.25, 0.3) is 11.2 Å². The molecule has 7 N–H and O–H groups in total. The Morgan fingerprint density at radius 2 is 1.97 bits per heavy atom. The van der Waals surface area contributed by atoms with Gasteiger partial charge in [-0.15, -0.1) is 11.8 Å². The summed E-state index contributed by atoms with van der Waals surface area (Å²) in [5.74, 6) is -0.459. The molecule has 0 saturated carbocycles. The van der Waals surface area contributed by atoms with Crippen molar-refractivity contribution in [1.29, 1.82) is 0 Å². The lowest BCUT2D eigenvalue weighted by molar-refractivity contribution is -0.114. The molecule has 194 valence electrons. The number of nitrogens with one attached hydrogen (secondary N) is 1. The minimum absolute atomic E-state index is 0.0401. The number of carbonyl (C=O) groups excluding carboxylic acids is 1. The van der Waals surface area contributed by atoms with Crippen molar-refractivity contribution in [2.75, 3.05) is 18.1 Å². The van der Waals surface area contributed by atoms with E-state index in [0.717, 1.165) is 0 Å². The number of fused-ring (bicyclic) bond motifs is 1. The van der Waals surface area contributed by atoms with Crippen LogP contribution in [-0.4, -0.2) is 68.6 Å². The molecule has 2 aromatic heterocycles. The van der Waals surface area contributed by atoms with Gasteiger partial charge in [0.15, 0.2) is 17.4 Å². The first-order valence-corrected chi connectivity index (χ1v) is 14.9. The van der Waals surface area contributed by atoms with E-state index in [9.17, 15) is 33.1 Å². The number of hydrogen-bond donors (Lipinski definition) is 6. The summed E-state index contributed by atoms with van der Waals surface area (Å²) in [7, 11) is -16.7. The monoisotopic (exact) mass is 577 g/mol. The van der Waals surface area contributed by atoms with Gasteiger partial charge in [-0.1, -0.05) is 0 Å². The number of aromatic amines is 1. The highest BCUT2D eigenvalue weighted by Crippen LogP contribution is 2.67. The second-order valence-corrected chi connectivity index (χ2v) is 13.3. The number of H-pyrrole nitrogens is 1. The zero-order valence-corrected chi connectivity index (χ0v) is 20.6. The van der Waals surface area contributed by atoms with Gasteiger partial charge in [0.05, 0.1) is 29.7 Å². The van der Waals surface area contributed by atoms with Crippen LogP contribution in [-0.2, 0) is 36.4 Å². The Balaban J connectivity index is 1.57. The van der Waals surface area contributed by atoms with Crippen LogP contribution in [0.3, 0.4) is 0 Å². The molecule has 1 spiro atoms. The maximum atomic E-state index is 12.1. The summed E-state index contributed by atoms with van der Waals surface area (Å²) in [6, 6.07) is 0. The maximum absolute atomic E-state index is 12.1. The SMILES string of the molecule is Nc1nc2c(ncn2[C@@H]2O[C@H](COP(=O)(O)OP(=O)(O)OP(=O)(O)O)[C@@H](C=O)[C@]23CCS3)c(=O)[nH]1. The van der Waals surface area contributed by atoms with Crippen LogP contribution in [0.15, 0.2) is 11.1 Å². The number of ether oxygens (including phenoxy) is 1. The Bertz CT molecular complexity index is 1350. The zero-order chi connectivity index (χ0) is 25.8. The number of imidazole rings is 1. The van der Waals surface area contributed by atoms with Gasteiger partial charge in [-0.05, 0) is 12.2 Å². The number of thioether (sulfide) groups is 1. The molecule has 0 amide bonds. The van der Waals surface area contributed by atoms with Gasteiger partial charge in [-0.2, -0.15) is 13.6 Å². The molecule has 0 bridgehead atoms. The van der Waals surface area contributed by atoms with Crippen molar-refractivity contribution in [2.45, 2.75) is 23.5 Å². The Kier molecular flexibility index (Phi) is 6.94. The highest BCUT2D eigenvalue weighted by Gasteiger charge is 2.61. The van der Waals surface area contributed by atoms with Gasteiger partial charge in [0.2, 0.25) is 5.95 Å². The smallest absolute Gasteiger partial charge is 0.369 e. The molecule has 2 fully saturated rings. The molecule has 6 atom stereocenters. The summed E-state index contributed by atoms with van der Waals surface area (Å²) >= 11 is 1.37. The van der Waals surface area contributed by atoms with Gasteiger partial charge in [-0.25, -0.2) is 18.7 Å². The number of hydrogen-bond acceptors (Lipinski definition) is 13. The molecule has 2 aliphatic heterocycles. The van der Waals surface area contributed by atoms with Crippen LogP contribution in [0.5, 0.6) is 0 Å². The van der Waals surface area contributed by atoms with E-state index in [4.69, 9.17) is 20.3 Å². The molecule has 18 nitrogen and oxygen atoms in total. The number of nitrogens with two attached hydrogens (primary N) is 1. The predicted molar refractivity (Wildman–Crippen MR) is 116 cm³/mol. The van der Waals surface area contributed by atoms with Crippen molar-refractivity contribution in [2.24, 2.45) is 5.92 Å². The van der Waals surface area contributed by atoms with Crippen LogP contribution in [0.1, 0.15) is 12.6 Å². The van der Waals surface area contributed by atoms with Crippen LogP contribution in [0, 0.1) is 5.92 Å². The first kappa shape index (κ1) is 26.6. The molecular weight excluding hydrogens is 559 g/mol.